The van der Waals surface area contributed by atoms with Gasteiger partial charge in [0.1, 0.15) is 5.92 Å². The predicted octanol–water partition coefficient (Wildman–Crippen LogP) is 4.90. The van der Waals surface area contributed by atoms with Gasteiger partial charge < -0.3 is 0 Å². The fraction of sp³-hybridized carbons (Fsp3) is 0.125. The molecule has 2 nitrogen and oxygen atoms in total. The summed E-state index contributed by atoms with van der Waals surface area (Å²) in [5.74, 6) is -1.13. The van der Waals surface area contributed by atoms with Crippen LogP contribution in [0.25, 0.3) is 0 Å². The Labute approximate surface area is 131 Å². The van der Waals surface area contributed by atoms with Crippen LogP contribution in [0.4, 0.5) is 0 Å². The fourth-order valence-electron chi connectivity index (χ4n) is 1.89. The van der Waals surface area contributed by atoms with Crippen molar-refractivity contribution in [1.82, 2.24) is 0 Å². The monoisotopic (exact) mass is 347 g/mol. The number of halogens is 2. The van der Waals surface area contributed by atoms with Crippen molar-refractivity contribution in [2.45, 2.75) is 12.8 Å². The Hall–Kier alpha value is -1.63. The van der Waals surface area contributed by atoms with Crippen LogP contribution in [0.1, 0.15) is 27.4 Å². The minimum atomic E-state index is -0.845. The highest BCUT2D eigenvalue weighted by molar-refractivity contribution is 9.10. The molecule has 0 aromatic heterocycles. The molecule has 4 heteroatoms. The molecule has 0 heterocycles. The third-order valence-corrected chi connectivity index (χ3v) is 3.82. The van der Waals surface area contributed by atoms with Crippen molar-refractivity contribution in [3.63, 3.8) is 0 Å². The molecule has 2 rings (SSSR count). The number of nitriles is 1. The van der Waals surface area contributed by atoms with Crippen molar-refractivity contribution in [3.8, 4) is 6.07 Å². The SMILES string of the molecule is Cc1ccc(C(C#N)C(=O)c2cc(Br)ccc2Cl)cc1. The molecule has 0 bridgehead atoms. The molecule has 1 atom stereocenters. The van der Waals surface area contributed by atoms with E-state index in [1.807, 2.05) is 19.1 Å². The summed E-state index contributed by atoms with van der Waals surface area (Å²) in [6.45, 7) is 1.96. The fourth-order valence-corrected chi connectivity index (χ4v) is 2.46. The Kier molecular flexibility index (Phi) is 4.59. The first kappa shape index (κ1) is 14.8. The van der Waals surface area contributed by atoms with Gasteiger partial charge in [-0.25, -0.2) is 0 Å². The van der Waals surface area contributed by atoms with Crippen LogP contribution in [-0.2, 0) is 0 Å². The zero-order valence-corrected chi connectivity index (χ0v) is 13.1. The highest BCUT2D eigenvalue weighted by atomic mass is 79.9. The molecule has 0 N–H and O–H groups in total. The van der Waals surface area contributed by atoms with Crippen LogP contribution in [0.5, 0.6) is 0 Å². The van der Waals surface area contributed by atoms with Crippen LogP contribution < -0.4 is 0 Å². The molecule has 0 spiro atoms. The lowest BCUT2D eigenvalue weighted by Gasteiger charge is -2.10. The highest BCUT2D eigenvalue weighted by Gasteiger charge is 2.23. The molecular weight excluding hydrogens is 338 g/mol. The first-order valence-corrected chi connectivity index (χ1v) is 7.15. The van der Waals surface area contributed by atoms with Crippen molar-refractivity contribution in [2.24, 2.45) is 0 Å². The van der Waals surface area contributed by atoms with E-state index in [-0.39, 0.29) is 5.78 Å². The second-order valence-electron chi connectivity index (χ2n) is 4.46. The maximum absolute atomic E-state index is 12.5. The van der Waals surface area contributed by atoms with E-state index in [0.717, 1.165) is 10.0 Å². The van der Waals surface area contributed by atoms with E-state index in [2.05, 4.69) is 22.0 Å². The van der Waals surface area contributed by atoms with E-state index in [0.29, 0.717) is 16.1 Å². The van der Waals surface area contributed by atoms with Gasteiger partial charge in [-0.05, 0) is 30.7 Å². The lowest BCUT2D eigenvalue weighted by atomic mass is 9.91. The van der Waals surface area contributed by atoms with E-state index < -0.39 is 5.92 Å². The summed E-state index contributed by atoms with van der Waals surface area (Å²) in [6, 6.07) is 14.5. The molecular formula is C16H11BrClNO. The van der Waals surface area contributed by atoms with Crippen molar-refractivity contribution < 1.29 is 4.79 Å². The second kappa shape index (κ2) is 6.21. The molecule has 0 saturated carbocycles. The standard InChI is InChI=1S/C16H11BrClNO/c1-10-2-4-11(5-3-10)14(9-19)16(20)13-8-12(17)6-7-15(13)18/h2-8,14H,1H3. The lowest BCUT2D eigenvalue weighted by molar-refractivity contribution is 0.0979. The maximum atomic E-state index is 12.5. The van der Waals surface area contributed by atoms with Gasteiger partial charge in [-0.1, -0.05) is 57.4 Å². The van der Waals surface area contributed by atoms with E-state index in [9.17, 15) is 10.1 Å². The van der Waals surface area contributed by atoms with Gasteiger partial charge in [0.15, 0.2) is 5.78 Å². The van der Waals surface area contributed by atoms with Gasteiger partial charge in [0.2, 0.25) is 0 Å². The largest absolute Gasteiger partial charge is 0.292 e. The molecule has 100 valence electrons. The highest BCUT2D eigenvalue weighted by Crippen LogP contribution is 2.27. The number of hydrogen-bond acceptors (Lipinski definition) is 2. The smallest absolute Gasteiger partial charge is 0.185 e. The number of carbonyl (C=O) groups is 1. The average molecular weight is 349 g/mol. The number of rotatable bonds is 3. The summed E-state index contributed by atoms with van der Waals surface area (Å²) in [7, 11) is 0. The van der Waals surface area contributed by atoms with E-state index in [1.54, 1.807) is 30.3 Å². The van der Waals surface area contributed by atoms with Crippen molar-refractivity contribution >= 4 is 33.3 Å². The third kappa shape index (κ3) is 3.09. The molecule has 0 aliphatic rings. The van der Waals surface area contributed by atoms with Gasteiger partial charge in [-0.3, -0.25) is 4.79 Å². The van der Waals surface area contributed by atoms with Crippen LogP contribution in [0.15, 0.2) is 46.9 Å². The van der Waals surface area contributed by atoms with E-state index in [1.165, 1.54) is 0 Å². The number of carbonyl (C=O) groups excluding carboxylic acids is 1. The molecule has 0 fully saturated rings. The summed E-state index contributed by atoms with van der Waals surface area (Å²) >= 11 is 9.36. The number of Topliss-reactive ketones (excluding diaryl/α,β-unsaturated/α-hetero) is 1. The Morgan fingerprint density at radius 3 is 2.50 bits per heavy atom. The molecule has 0 aliphatic carbocycles. The van der Waals surface area contributed by atoms with Gasteiger partial charge in [0.05, 0.1) is 11.1 Å². The van der Waals surface area contributed by atoms with Gasteiger partial charge in [0.25, 0.3) is 0 Å². The first-order valence-electron chi connectivity index (χ1n) is 5.98. The minimum absolute atomic E-state index is 0.289. The Morgan fingerprint density at radius 1 is 1.25 bits per heavy atom. The number of nitrogens with zero attached hydrogens (tertiary/aromatic N) is 1. The maximum Gasteiger partial charge on any atom is 0.185 e. The lowest BCUT2D eigenvalue weighted by Crippen LogP contribution is -2.12. The van der Waals surface area contributed by atoms with Crippen LogP contribution in [0.2, 0.25) is 5.02 Å². The second-order valence-corrected chi connectivity index (χ2v) is 5.78. The van der Waals surface area contributed by atoms with E-state index >= 15 is 0 Å². The zero-order chi connectivity index (χ0) is 14.7. The summed E-state index contributed by atoms with van der Waals surface area (Å²) in [6.07, 6.45) is 0. The first-order chi connectivity index (χ1) is 9.52. The normalized spacial score (nSPS) is 11.7. The van der Waals surface area contributed by atoms with E-state index in [4.69, 9.17) is 11.6 Å². The van der Waals surface area contributed by atoms with Crippen molar-refractivity contribution in [3.05, 3.63) is 68.7 Å². The molecule has 2 aromatic rings. The number of benzene rings is 2. The molecule has 20 heavy (non-hydrogen) atoms. The molecule has 0 amide bonds. The molecule has 1 unspecified atom stereocenters. The number of hydrogen-bond donors (Lipinski definition) is 0. The summed E-state index contributed by atoms with van der Waals surface area (Å²) in [5, 5.41) is 9.67. The zero-order valence-electron chi connectivity index (χ0n) is 10.7. The molecule has 2 aromatic carbocycles. The average Bonchev–Trinajstić information content (AvgIpc) is 2.44. The Morgan fingerprint density at radius 2 is 1.90 bits per heavy atom. The van der Waals surface area contributed by atoms with Crippen LogP contribution >= 0.6 is 27.5 Å². The molecule has 0 saturated heterocycles. The molecule has 0 radical (unpaired) electrons. The third-order valence-electron chi connectivity index (χ3n) is 3.00. The summed E-state index contributed by atoms with van der Waals surface area (Å²) in [5.41, 5.74) is 2.12. The topological polar surface area (TPSA) is 40.9 Å². The summed E-state index contributed by atoms with van der Waals surface area (Å²) < 4.78 is 0.755. The van der Waals surface area contributed by atoms with Crippen molar-refractivity contribution in [1.29, 1.82) is 5.26 Å². The minimum Gasteiger partial charge on any atom is -0.292 e. The van der Waals surface area contributed by atoms with Crippen LogP contribution in [0.3, 0.4) is 0 Å². The van der Waals surface area contributed by atoms with Gasteiger partial charge in [-0.15, -0.1) is 0 Å². The Bertz CT molecular complexity index is 689. The van der Waals surface area contributed by atoms with Gasteiger partial charge >= 0.3 is 0 Å². The van der Waals surface area contributed by atoms with Crippen molar-refractivity contribution in [2.75, 3.05) is 0 Å². The van der Waals surface area contributed by atoms with Gasteiger partial charge in [-0.2, -0.15) is 5.26 Å². The predicted molar refractivity (Wildman–Crippen MR) is 83.0 cm³/mol. The number of ketones is 1. The quantitative estimate of drug-likeness (QED) is 0.740. The number of aryl methyl sites for hydroxylation is 1. The van der Waals surface area contributed by atoms with Crippen LogP contribution in [0, 0.1) is 18.3 Å². The Balaban J connectivity index is 2.42. The van der Waals surface area contributed by atoms with Gasteiger partial charge in [0, 0.05) is 10.0 Å². The summed E-state index contributed by atoms with van der Waals surface area (Å²) in [4.78, 5) is 12.5. The molecule has 0 aliphatic heterocycles. The van der Waals surface area contributed by atoms with Crippen LogP contribution in [-0.4, -0.2) is 5.78 Å².